The van der Waals surface area contributed by atoms with Crippen LogP contribution in [0.5, 0.6) is 0 Å². The van der Waals surface area contributed by atoms with Crippen molar-refractivity contribution in [3.05, 3.63) is 54.6 Å². The highest BCUT2D eigenvalue weighted by Crippen LogP contribution is 2.54. The third-order valence-electron chi connectivity index (χ3n) is 5.30. The number of likely N-dealkylation sites (tertiary alicyclic amines) is 1. The normalized spacial score (nSPS) is 23.8. The quantitative estimate of drug-likeness (QED) is 0.779. The van der Waals surface area contributed by atoms with Gasteiger partial charge in [0.15, 0.2) is 6.19 Å². The Labute approximate surface area is 161 Å². The van der Waals surface area contributed by atoms with Crippen LogP contribution in [0.2, 0.25) is 0 Å². The number of anilines is 1. The molecule has 0 aliphatic carbocycles. The molecule has 6 nitrogen and oxygen atoms in total. The fourth-order valence-electron chi connectivity index (χ4n) is 3.93. The second-order valence-electron chi connectivity index (χ2n) is 6.99. The van der Waals surface area contributed by atoms with Crippen molar-refractivity contribution in [3.8, 4) is 17.3 Å². The highest BCUT2D eigenvalue weighted by molar-refractivity contribution is 8.23. The van der Waals surface area contributed by atoms with E-state index in [2.05, 4.69) is 18.3 Å². The first-order valence-electron chi connectivity index (χ1n) is 9.22. The topological polar surface area (TPSA) is 74.0 Å². The minimum atomic E-state index is -3.10. The molecule has 0 amide bonds. The van der Waals surface area contributed by atoms with Crippen LogP contribution < -0.4 is 4.31 Å². The van der Waals surface area contributed by atoms with Gasteiger partial charge in [-0.2, -0.15) is 9.57 Å². The molecule has 1 atom stereocenters. The molecule has 0 bridgehead atoms. The second kappa shape index (κ2) is 7.41. The number of hydrogen-bond donors (Lipinski definition) is 2. The van der Waals surface area contributed by atoms with Crippen molar-refractivity contribution >= 4 is 16.6 Å². The van der Waals surface area contributed by atoms with Crippen molar-refractivity contribution in [3.63, 3.8) is 0 Å². The Hall–Kier alpha value is -2.24. The lowest BCUT2D eigenvalue weighted by Crippen LogP contribution is -2.50. The lowest BCUT2D eigenvalue weighted by atomic mass is 10.1. The Morgan fingerprint density at radius 1 is 0.963 bits per heavy atom. The van der Waals surface area contributed by atoms with Gasteiger partial charge in [0.05, 0.1) is 11.7 Å². The minimum Gasteiger partial charge on any atom is -0.309 e. The summed E-state index contributed by atoms with van der Waals surface area (Å²) in [5.41, 5.74) is 2.97. The summed E-state index contributed by atoms with van der Waals surface area (Å²) >= 11 is 0. The van der Waals surface area contributed by atoms with Crippen LogP contribution in [0.25, 0.3) is 11.1 Å². The Morgan fingerprint density at radius 2 is 1.74 bits per heavy atom. The van der Waals surface area contributed by atoms with E-state index in [1.54, 1.807) is 9.21 Å². The van der Waals surface area contributed by atoms with Crippen molar-refractivity contribution in [2.24, 2.45) is 0 Å². The number of hydrogen-bond acceptors (Lipinski definition) is 6. The summed E-state index contributed by atoms with van der Waals surface area (Å²) in [7, 11) is -3.10. The molecule has 2 aliphatic heterocycles. The molecule has 142 valence electrons. The maximum Gasteiger partial charge on any atom is 0.179 e. The van der Waals surface area contributed by atoms with Crippen LogP contribution in [0.15, 0.2) is 54.6 Å². The molecule has 0 saturated carbocycles. The van der Waals surface area contributed by atoms with Crippen molar-refractivity contribution in [1.82, 2.24) is 9.21 Å². The third kappa shape index (κ3) is 3.49. The zero-order chi connectivity index (χ0) is 18.9. The van der Waals surface area contributed by atoms with Crippen LogP contribution >= 0.6 is 11.0 Å². The van der Waals surface area contributed by atoms with Crippen LogP contribution in [0.1, 0.15) is 12.8 Å². The van der Waals surface area contributed by atoms with E-state index in [-0.39, 0.29) is 6.04 Å². The molecule has 2 fully saturated rings. The standard InChI is InChI=1S/C20H24N4O2S/c21-16-22-13-10-20(15-22)24-12-5-11-23(27(24,25)26)19-9-4-8-18(14-19)17-6-2-1-3-7-17/h1-4,6-9,14,20,25-26H,5,10-13,15H2. The Morgan fingerprint density at radius 3 is 2.48 bits per heavy atom. The van der Waals surface area contributed by atoms with Gasteiger partial charge >= 0.3 is 0 Å². The van der Waals surface area contributed by atoms with Crippen LogP contribution in [0, 0.1) is 11.5 Å². The predicted octanol–water partition coefficient (Wildman–Crippen LogP) is 4.00. The first-order chi connectivity index (χ1) is 13.1. The summed E-state index contributed by atoms with van der Waals surface area (Å²) < 4.78 is 25.8. The van der Waals surface area contributed by atoms with Crippen molar-refractivity contribution in [2.75, 3.05) is 30.5 Å². The monoisotopic (exact) mass is 384 g/mol. The van der Waals surface area contributed by atoms with Gasteiger partial charge in [0.1, 0.15) is 0 Å². The van der Waals surface area contributed by atoms with Crippen molar-refractivity contribution < 1.29 is 9.11 Å². The van der Waals surface area contributed by atoms with E-state index in [0.29, 0.717) is 26.2 Å². The Balaban J connectivity index is 1.61. The lowest BCUT2D eigenvalue weighted by molar-refractivity contribution is 0.266. The van der Waals surface area contributed by atoms with Gasteiger partial charge < -0.3 is 4.90 Å². The molecular formula is C20H24N4O2S. The van der Waals surface area contributed by atoms with E-state index in [1.807, 2.05) is 46.8 Å². The average Bonchev–Trinajstić information content (AvgIpc) is 3.17. The fourth-order valence-corrected chi connectivity index (χ4v) is 5.90. The molecule has 2 heterocycles. The highest BCUT2D eigenvalue weighted by atomic mass is 32.3. The van der Waals surface area contributed by atoms with E-state index in [4.69, 9.17) is 5.26 Å². The highest BCUT2D eigenvalue weighted by Gasteiger charge is 2.41. The SMILES string of the molecule is N#CN1CCC(N2CCCN(c3cccc(-c4ccccc4)c3)S2(O)O)C1. The first kappa shape index (κ1) is 18.1. The lowest BCUT2D eigenvalue weighted by Gasteiger charge is -2.55. The summed E-state index contributed by atoms with van der Waals surface area (Å²) in [4.78, 5) is 1.69. The molecule has 0 aromatic heterocycles. The number of rotatable bonds is 3. The average molecular weight is 385 g/mol. The summed E-state index contributed by atoms with van der Waals surface area (Å²) in [6.45, 7) is 2.48. The first-order valence-corrected chi connectivity index (χ1v) is 10.7. The van der Waals surface area contributed by atoms with Gasteiger partial charge in [-0.15, -0.1) is 0 Å². The van der Waals surface area contributed by atoms with E-state index >= 15 is 0 Å². The molecule has 0 spiro atoms. The fraction of sp³-hybridized carbons (Fsp3) is 0.350. The van der Waals surface area contributed by atoms with Gasteiger partial charge in [-0.3, -0.25) is 13.4 Å². The van der Waals surface area contributed by atoms with Gasteiger partial charge in [0.2, 0.25) is 0 Å². The van der Waals surface area contributed by atoms with Gasteiger partial charge in [-0.05, 0) is 36.1 Å². The maximum absolute atomic E-state index is 11.1. The van der Waals surface area contributed by atoms with Crippen molar-refractivity contribution in [2.45, 2.75) is 18.9 Å². The van der Waals surface area contributed by atoms with Gasteiger partial charge in [0.25, 0.3) is 0 Å². The Kier molecular flexibility index (Phi) is 4.98. The zero-order valence-corrected chi connectivity index (χ0v) is 15.9. The van der Waals surface area contributed by atoms with Crippen LogP contribution in [0.4, 0.5) is 5.69 Å². The van der Waals surface area contributed by atoms with Gasteiger partial charge in [0, 0.05) is 26.2 Å². The minimum absolute atomic E-state index is 0.00486. The van der Waals surface area contributed by atoms with Crippen LogP contribution in [0.3, 0.4) is 0 Å². The van der Waals surface area contributed by atoms with Crippen LogP contribution in [-0.4, -0.2) is 50.5 Å². The van der Waals surface area contributed by atoms with E-state index in [0.717, 1.165) is 29.7 Å². The van der Waals surface area contributed by atoms with E-state index in [1.165, 1.54) is 0 Å². The van der Waals surface area contributed by atoms with Crippen LogP contribution in [-0.2, 0) is 0 Å². The molecule has 2 aromatic rings. The molecule has 27 heavy (non-hydrogen) atoms. The summed E-state index contributed by atoms with van der Waals surface area (Å²) in [6.07, 6.45) is 3.80. The zero-order valence-electron chi connectivity index (χ0n) is 15.1. The predicted molar refractivity (Wildman–Crippen MR) is 109 cm³/mol. The van der Waals surface area contributed by atoms with Crippen molar-refractivity contribution in [1.29, 1.82) is 5.26 Å². The Bertz CT molecular complexity index is 839. The summed E-state index contributed by atoms with van der Waals surface area (Å²) in [5, 5.41) is 9.11. The maximum atomic E-state index is 11.1. The van der Waals surface area contributed by atoms with E-state index < -0.39 is 11.0 Å². The molecule has 2 saturated heterocycles. The molecule has 2 aliphatic rings. The molecule has 2 N–H and O–H groups in total. The largest absolute Gasteiger partial charge is 0.309 e. The summed E-state index contributed by atoms with van der Waals surface area (Å²) in [5.74, 6) is 0. The number of benzene rings is 2. The number of nitriles is 1. The smallest absolute Gasteiger partial charge is 0.179 e. The molecular weight excluding hydrogens is 360 g/mol. The molecule has 4 rings (SSSR count). The van der Waals surface area contributed by atoms with Gasteiger partial charge in [-0.1, -0.05) is 53.4 Å². The second-order valence-corrected chi connectivity index (χ2v) is 8.88. The molecule has 0 radical (unpaired) electrons. The van der Waals surface area contributed by atoms with E-state index in [9.17, 15) is 9.11 Å². The summed E-state index contributed by atoms with van der Waals surface area (Å²) in [6, 6.07) is 18.0. The molecule has 1 unspecified atom stereocenters. The van der Waals surface area contributed by atoms with Gasteiger partial charge in [-0.25, -0.2) is 0 Å². The third-order valence-corrected chi connectivity index (χ3v) is 7.40. The molecule has 7 heteroatoms. The number of nitrogens with zero attached hydrogens (tertiary/aromatic N) is 4. The molecule has 2 aromatic carbocycles.